The smallest absolute Gasteiger partial charge is 0.311 e. The maximum Gasteiger partial charge on any atom is 0.311 e. The van der Waals surface area contributed by atoms with Gasteiger partial charge in [0.15, 0.2) is 5.75 Å². The van der Waals surface area contributed by atoms with Crippen molar-refractivity contribution in [2.45, 2.75) is 34.6 Å². The molecule has 1 aromatic rings. The van der Waals surface area contributed by atoms with E-state index >= 15 is 0 Å². The van der Waals surface area contributed by atoms with Crippen LogP contribution >= 0.6 is 0 Å². The van der Waals surface area contributed by atoms with Crippen molar-refractivity contribution >= 4 is 11.4 Å². The molecule has 112 valence electrons. The van der Waals surface area contributed by atoms with Gasteiger partial charge in [-0.2, -0.15) is 0 Å². The largest absolute Gasteiger partial charge is 0.487 e. The van der Waals surface area contributed by atoms with E-state index in [2.05, 4.69) is 33.0 Å². The van der Waals surface area contributed by atoms with Gasteiger partial charge in [-0.15, -0.1) is 0 Å². The number of benzene rings is 1. The van der Waals surface area contributed by atoms with Crippen LogP contribution in [0.2, 0.25) is 0 Å². The van der Waals surface area contributed by atoms with E-state index in [4.69, 9.17) is 4.74 Å². The summed E-state index contributed by atoms with van der Waals surface area (Å²) in [6.45, 7) is 11.8. The Bertz CT molecular complexity index is 467. The minimum atomic E-state index is -0.424. The van der Waals surface area contributed by atoms with Gasteiger partial charge in [0.2, 0.25) is 0 Å². The van der Waals surface area contributed by atoms with Crippen molar-refractivity contribution in [1.82, 2.24) is 0 Å². The number of rotatable bonds is 6. The van der Waals surface area contributed by atoms with Gasteiger partial charge in [-0.3, -0.25) is 10.1 Å². The molecule has 0 aliphatic carbocycles. The van der Waals surface area contributed by atoms with Gasteiger partial charge in [0.05, 0.1) is 11.5 Å². The highest BCUT2D eigenvalue weighted by atomic mass is 16.6. The molecule has 0 saturated heterocycles. The molecule has 0 fully saturated rings. The van der Waals surface area contributed by atoms with Crippen LogP contribution in [0.15, 0.2) is 18.2 Å². The van der Waals surface area contributed by atoms with Crippen molar-refractivity contribution < 1.29 is 9.66 Å². The fourth-order valence-corrected chi connectivity index (χ4v) is 1.62. The summed E-state index contributed by atoms with van der Waals surface area (Å²) >= 11 is 0. The Morgan fingerprint density at radius 3 is 2.55 bits per heavy atom. The molecule has 20 heavy (non-hydrogen) atoms. The lowest BCUT2D eigenvalue weighted by Gasteiger charge is -2.27. The summed E-state index contributed by atoms with van der Waals surface area (Å²) in [6, 6.07) is 4.89. The minimum Gasteiger partial charge on any atom is -0.487 e. The lowest BCUT2D eigenvalue weighted by molar-refractivity contribution is -0.385. The van der Waals surface area contributed by atoms with Crippen LogP contribution in [0.5, 0.6) is 5.75 Å². The fraction of sp³-hybridized carbons (Fsp3) is 0.600. The van der Waals surface area contributed by atoms with Crippen molar-refractivity contribution in [2.75, 3.05) is 18.5 Å². The third kappa shape index (κ3) is 4.40. The quantitative estimate of drug-likeness (QED) is 0.629. The summed E-state index contributed by atoms with van der Waals surface area (Å²) in [5, 5.41) is 14.2. The van der Waals surface area contributed by atoms with E-state index in [9.17, 15) is 10.1 Å². The highest BCUT2D eigenvalue weighted by molar-refractivity contribution is 5.58. The van der Waals surface area contributed by atoms with Crippen molar-refractivity contribution in [1.29, 1.82) is 0 Å². The highest BCUT2D eigenvalue weighted by Gasteiger charge is 2.20. The van der Waals surface area contributed by atoms with Gasteiger partial charge in [0, 0.05) is 24.4 Å². The molecule has 0 aliphatic heterocycles. The molecule has 1 N–H and O–H groups in total. The molecule has 1 rings (SSSR count). The third-order valence-electron chi connectivity index (χ3n) is 3.55. The van der Waals surface area contributed by atoms with Crippen LogP contribution in [0.1, 0.15) is 34.6 Å². The van der Waals surface area contributed by atoms with Gasteiger partial charge in [-0.1, -0.05) is 27.7 Å². The molecular weight excluding hydrogens is 256 g/mol. The number of hydrogen-bond donors (Lipinski definition) is 1. The van der Waals surface area contributed by atoms with E-state index in [0.29, 0.717) is 18.3 Å². The molecule has 0 aromatic heterocycles. The van der Waals surface area contributed by atoms with E-state index < -0.39 is 4.92 Å². The summed E-state index contributed by atoms with van der Waals surface area (Å²) in [5.74, 6) is 0.791. The van der Waals surface area contributed by atoms with Crippen molar-refractivity contribution in [3.8, 4) is 5.75 Å². The summed E-state index contributed by atoms with van der Waals surface area (Å²) in [7, 11) is 0. The lowest BCUT2D eigenvalue weighted by atomic mass is 9.82. The molecule has 0 spiro atoms. The number of ether oxygens (including phenoxy) is 1. The molecule has 1 unspecified atom stereocenters. The van der Waals surface area contributed by atoms with E-state index in [1.54, 1.807) is 12.1 Å². The zero-order valence-corrected chi connectivity index (χ0v) is 12.9. The van der Waals surface area contributed by atoms with E-state index in [1.165, 1.54) is 6.07 Å². The number of nitro groups is 1. The Hall–Kier alpha value is -1.78. The van der Waals surface area contributed by atoms with Gasteiger partial charge in [0.1, 0.15) is 0 Å². The molecule has 1 atom stereocenters. The van der Waals surface area contributed by atoms with Gasteiger partial charge in [-0.05, 0) is 24.3 Å². The first-order valence-corrected chi connectivity index (χ1v) is 6.90. The third-order valence-corrected chi connectivity index (χ3v) is 3.55. The van der Waals surface area contributed by atoms with E-state index in [0.717, 1.165) is 12.2 Å². The first-order valence-electron chi connectivity index (χ1n) is 6.90. The second-order valence-corrected chi connectivity index (χ2v) is 6.02. The van der Waals surface area contributed by atoms with Crippen LogP contribution in [0.25, 0.3) is 0 Å². The normalized spacial score (nSPS) is 12.8. The highest BCUT2D eigenvalue weighted by Crippen LogP contribution is 2.31. The topological polar surface area (TPSA) is 64.4 Å². The maximum atomic E-state index is 10.9. The molecule has 1 aromatic carbocycles. The molecule has 0 saturated carbocycles. The average Bonchev–Trinajstić information content (AvgIpc) is 2.35. The maximum absolute atomic E-state index is 10.9. The van der Waals surface area contributed by atoms with Crippen LogP contribution in [0.4, 0.5) is 11.4 Å². The monoisotopic (exact) mass is 280 g/mol. The fourth-order valence-electron chi connectivity index (χ4n) is 1.62. The zero-order chi connectivity index (χ0) is 15.3. The predicted molar refractivity (Wildman–Crippen MR) is 81.4 cm³/mol. The second-order valence-electron chi connectivity index (χ2n) is 6.02. The van der Waals surface area contributed by atoms with Crippen LogP contribution in [-0.2, 0) is 0 Å². The Morgan fingerprint density at radius 1 is 1.40 bits per heavy atom. The van der Waals surface area contributed by atoms with Gasteiger partial charge < -0.3 is 10.1 Å². The van der Waals surface area contributed by atoms with Crippen LogP contribution in [0.3, 0.4) is 0 Å². The predicted octanol–water partition coefficient (Wildman–Crippen LogP) is 4.09. The molecule has 0 bridgehead atoms. The number of nitro benzene ring substituents is 1. The Morgan fingerprint density at radius 2 is 2.05 bits per heavy atom. The van der Waals surface area contributed by atoms with E-state index in [-0.39, 0.29) is 11.1 Å². The van der Waals surface area contributed by atoms with E-state index in [1.807, 2.05) is 6.92 Å². The lowest BCUT2D eigenvalue weighted by Crippen LogP contribution is -2.24. The molecule has 0 radical (unpaired) electrons. The SMILES string of the molecule is CCOc1cc(NCC(C)C(C)(C)C)ccc1[N+](=O)[O-]. The first-order chi connectivity index (χ1) is 9.25. The average molecular weight is 280 g/mol. The zero-order valence-electron chi connectivity index (χ0n) is 12.9. The van der Waals surface area contributed by atoms with Crippen molar-refractivity contribution in [3.05, 3.63) is 28.3 Å². The molecule has 0 heterocycles. The minimum absolute atomic E-state index is 0.00118. The Labute approximate surface area is 120 Å². The standard InChI is InChI=1S/C15H24N2O3/c1-6-20-14-9-12(7-8-13(14)17(18)19)16-10-11(2)15(3,4)5/h7-9,11,16H,6,10H2,1-5H3. The number of hydrogen-bond acceptors (Lipinski definition) is 4. The first kappa shape index (κ1) is 16.3. The van der Waals surface area contributed by atoms with Crippen molar-refractivity contribution in [2.24, 2.45) is 11.3 Å². The van der Waals surface area contributed by atoms with Crippen LogP contribution in [-0.4, -0.2) is 18.1 Å². The summed E-state index contributed by atoms with van der Waals surface area (Å²) in [4.78, 5) is 10.5. The number of anilines is 1. The summed E-state index contributed by atoms with van der Waals surface area (Å²) < 4.78 is 5.33. The Kier molecular flexibility index (Phi) is 5.36. The van der Waals surface area contributed by atoms with Gasteiger partial charge in [0.25, 0.3) is 0 Å². The Balaban J connectivity index is 2.82. The van der Waals surface area contributed by atoms with Gasteiger partial charge >= 0.3 is 5.69 Å². The number of nitrogens with one attached hydrogen (secondary N) is 1. The molecule has 0 aliphatic rings. The van der Waals surface area contributed by atoms with Crippen LogP contribution in [0, 0.1) is 21.4 Å². The van der Waals surface area contributed by atoms with Crippen LogP contribution < -0.4 is 10.1 Å². The molecule has 0 amide bonds. The summed E-state index contributed by atoms with van der Waals surface area (Å²) in [5.41, 5.74) is 1.06. The number of nitrogens with zero attached hydrogens (tertiary/aromatic N) is 1. The van der Waals surface area contributed by atoms with Gasteiger partial charge in [-0.25, -0.2) is 0 Å². The second kappa shape index (κ2) is 6.59. The van der Waals surface area contributed by atoms with Crippen molar-refractivity contribution in [3.63, 3.8) is 0 Å². The molecule has 5 heteroatoms. The summed E-state index contributed by atoms with van der Waals surface area (Å²) in [6.07, 6.45) is 0. The molecule has 5 nitrogen and oxygen atoms in total. The molecular formula is C15H24N2O3.